The van der Waals surface area contributed by atoms with Crippen molar-refractivity contribution in [3.63, 3.8) is 0 Å². The van der Waals surface area contributed by atoms with Crippen LogP contribution in [0.3, 0.4) is 0 Å². The van der Waals surface area contributed by atoms with Crippen LogP contribution in [0.15, 0.2) is 12.3 Å². The number of nitrogens with one attached hydrogen (secondary N) is 1. The Morgan fingerprint density at radius 2 is 1.95 bits per heavy atom. The predicted molar refractivity (Wildman–Crippen MR) is 81.7 cm³/mol. The van der Waals surface area contributed by atoms with Gasteiger partial charge in [0.05, 0.1) is 11.7 Å². The molecule has 2 aliphatic rings. The van der Waals surface area contributed by atoms with E-state index in [1.165, 1.54) is 70.3 Å². The molecular formula is C16H28N4. The minimum atomic E-state index is 0.666. The predicted octanol–water partition coefficient (Wildman–Crippen LogP) is 2.57. The van der Waals surface area contributed by atoms with Gasteiger partial charge in [-0.05, 0) is 64.3 Å². The second-order valence-corrected chi connectivity index (χ2v) is 6.30. The third kappa shape index (κ3) is 3.83. The van der Waals surface area contributed by atoms with Crippen LogP contribution < -0.4 is 5.32 Å². The molecule has 1 aliphatic heterocycles. The molecule has 4 heteroatoms. The lowest BCUT2D eigenvalue weighted by Crippen LogP contribution is -2.24. The summed E-state index contributed by atoms with van der Waals surface area (Å²) in [6.45, 7) is 5.90. The highest BCUT2D eigenvalue weighted by Gasteiger charge is 2.17. The Bertz CT molecular complexity index is 389. The molecule has 0 amide bonds. The van der Waals surface area contributed by atoms with E-state index >= 15 is 0 Å². The molecule has 1 aromatic heterocycles. The van der Waals surface area contributed by atoms with Crippen molar-refractivity contribution in [2.24, 2.45) is 0 Å². The number of hydrogen-bond donors (Lipinski definition) is 1. The van der Waals surface area contributed by atoms with Gasteiger partial charge >= 0.3 is 0 Å². The Morgan fingerprint density at radius 1 is 1.15 bits per heavy atom. The highest BCUT2D eigenvalue weighted by molar-refractivity contribution is 4.99. The maximum Gasteiger partial charge on any atom is 0.0762 e. The summed E-state index contributed by atoms with van der Waals surface area (Å²) in [4.78, 5) is 2.58. The molecule has 0 atom stereocenters. The molecule has 112 valence electrons. The lowest BCUT2D eigenvalue weighted by atomic mass is 10.3. The molecule has 0 bridgehead atoms. The van der Waals surface area contributed by atoms with Crippen LogP contribution in [0, 0.1) is 0 Å². The molecule has 1 N–H and O–H groups in total. The molecule has 1 saturated carbocycles. The largest absolute Gasteiger partial charge is 0.311 e. The molecule has 0 aromatic carbocycles. The molecule has 0 unspecified atom stereocenters. The molecule has 2 fully saturated rings. The molecule has 2 heterocycles. The van der Waals surface area contributed by atoms with Crippen LogP contribution in [0.2, 0.25) is 0 Å². The molecule has 0 radical (unpaired) electrons. The van der Waals surface area contributed by atoms with E-state index in [1.54, 1.807) is 0 Å². The van der Waals surface area contributed by atoms with E-state index < -0.39 is 0 Å². The highest BCUT2D eigenvalue weighted by atomic mass is 15.3. The van der Waals surface area contributed by atoms with E-state index in [0.717, 1.165) is 13.1 Å². The van der Waals surface area contributed by atoms with Gasteiger partial charge in [-0.25, -0.2) is 0 Å². The molecule has 1 saturated heterocycles. The van der Waals surface area contributed by atoms with E-state index in [4.69, 9.17) is 5.10 Å². The van der Waals surface area contributed by atoms with Gasteiger partial charge in [-0.3, -0.25) is 4.68 Å². The summed E-state index contributed by atoms with van der Waals surface area (Å²) >= 11 is 0. The molecule has 1 aliphatic carbocycles. The van der Waals surface area contributed by atoms with E-state index in [1.807, 2.05) is 0 Å². The van der Waals surface area contributed by atoms with Gasteiger partial charge in [0.15, 0.2) is 0 Å². The number of nitrogens with zero attached hydrogens (tertiary/aromatic N) is 3. The summed E-state index contributed by atoms with van der Waals surface area (Å²) < 4.78 is 2.19. The van der Waals surface area contributed by atoms with Gasteiger partial charge < -0.3 is 10.2 Å². The molecule has 1 aromatic rings. The van der Waals surface area contributed by atoms with Gasteiger partial charge in [0, 0.05) is 12.7 Å². The standard InChI is InChI=1S/C16H28N4/c1-2-7-16(6-1)20-13-8-15(18-20)14-17-9-5-12-19-10-3-4-11-19/h8,13,16-17H,1-7,9-12,14H2. The van der Waals surface area contributed by atoms with Crippen molar-refractivity contribution >= 4 is 0 Å². The highest BCUT2D eigenvalue weighted by Crippen LogP contribution is 2.28. The lowest BCUT2D eigenvalue weighted by molar-refractivity contribution is 0.331. The second kappa shape index (κ2) is 7.23. The average Bonchev–Trinajstić information content (AvgIpc) is 3.21. The van der Waals surface area contributed by atoms with Crippen LogP contribution in [0.4, 0.5) is 0 Å². The van der Waals surface area contributed by atoms with Crippen molar-refractivity contribution in [1.29, 1.82) is 0 Å². The summed E-state index contributed by atoms with van der Waals surface area (Å²) in [6, 6.07) is 2.84. The summed E-state index contributed by atoms with van der Waals surface area (Å²) in [5, 5.41) is 8.24. The van der Waals surface area contributed by atoms with E-state index in [9.17, 15) is 0 Å². The topological polar surface area (TPSA) is 33.1 Å². The summed E-state index contributed by atoms with van der Waals surface area (Å²) in [5.41, 5.74) is 1.19. The van der Waals surface area contributed by atoms with E-state index in [0.29, 0.717) is 6.04 Å². The van der Waals surface area contributed by atoms with Gasteiger partial charge in [-0.1, -0.05) is 12.8 Å². The molecule has 0 spiro atoms. The molecule has 3 rings (SSSR count). The maximum absolute atomic E-state index is 4.71. The van der Waals surface area contributed by atoms with Crippen LogP contribution in [0.1, 0.15) is 56.7 Å². The van der Waals surface area contributed by atoms with Crippen molar-refractivity contribution in [1.82, 2.24) is 20.0 Å². The zero-order chi connectivity index (χ0) is 13.6. The van der Waals surface area contributed by atoms with Gasteiger partial charge in [0.2, 0.25) is 0 Å². The molecule has 4 nitrogen and oxygen atoms in total. The first-order valence-corrected chi connectivity index (χ1v) is 8.39. The van der Waals surface area contributed by atoms with Crippen LogP contribution in [0.25, 0.3) is 0 Å². The summed E-state index contributed by atoms with van der Waals surface area (Å²) in [7, 11) is 0. The van der Waals surface area contributed by atoms with Crippen molar-refractivity contribution in [2.45, 2.75) is 57.5 Å². The number of aromatic nitrogens is 2. The SMILES string of the molecule is c1cn(C2CCCC2)nc1CNCCCN1CCCC1. The molecular weight excluding hydrogens is 248 g/mol. The fourth-order valence-corrected chi connectivity index (χ4v) is 3.49. The number of hydrogen-bond acceptors (Lipinski definition) is 3. The zero-order valence-electron chi connectivity index (χ0n) is 12.6. The van der Waals surface area contributed by atoms with Crippen LogP contribution in [-0.4, -0.2) is 40.9 Å². The number of rotatable bonds is 7. The Kier molecular flexibility index (Phi) is 5.09. The third-order valence-corrected chi connectivity index (χ3v) is 4.70. The first kappa shape index (κ1) is 14.1. The normalized spacial score (nSPS) is 21.0. The Labute approximate surface area is 122 Å². The maximum atomic E-state index is 4.71. The van der Waals surface area contributed by atoms with Crippen molar-refractivity contribution < 1.29 is 0 Å². The fraction of sp³-hybridized carbons (Fsp3) is 0.812. The smallest absolute Gasteiger partial charge is 0.0762 e. The van der Waals surface area contributed by atoms with Crippen LogP contribution in [0.5, 0.6) is 0 Å². The Balaban J connectivity index is 1.31. The second-order valence-electron chi connectivity index (χ2n) is 6.30. The molecule has 20 heavy (non-hydrogen) atoms. The Hall–Kier alpha value is -0.870. The van der Waals surface area contributed by atoms with Crippen LogP contribution in [-0.2, 0) is 6.54 Å². The minimum absolute atomic E-state index is 0.666. The van der Waals surface area contributed by atoms with Crippen molar-refractivity contribution in [3.05, 3.63) is 18.0 Å². The fourth-order valence-electron chi connectivity index (χ4n) is 3.49. The van der Waals surface area contributed by atoms with E-state index in [2.05, 4.69) is 27.2 Å². The first-order valence-electron chi connectivity index (χ1n) is 8.39. The van der Waals surface area contributed by atoms with Gasteiger partial charge in [-0.2, -0.15) is 5.10 Å². The quantitative estimate of drug-likeness (QED) is 0.777. The summed E-state index contributed by atoms with van der Waals surface area (Å²) in [5.74, 6) is 0. The Morgan fingerprint density at radius 3 is 2.75 bits per heavy atom. The van der Waals surface area contributed by atoms with Gasteiger partial charge in [0.25, 0.3) is 0 Å². The van der Waals surface area contributed by atoms with E-state index in [-0.39, 0.29) is 0 Å². The lowest BCUT2D eigenvalue weighted by Gasteiger charge is -2.14. The van der Waals surface area contributed by atoms with Gasteiger partial charge in [-0.15, -0.1) is 0 Å². The van der Waals surface area contributed by atoms with Crippen LogP contribution >= 0.6 is 0 Å². The monoisotopic (exact) mass is 276 g/mol. The third-order valence-electron chi connectivity index (χ3n) is 4.70. The average molecular weight is 276 g/mol. The minimum Gasteiger partial charge on any atom is -0.311 e. The van der Waals surface area contributed by atoms with Crippen molar-refractivity contribution in [3.8, 4) is 0 Å². The van der Waals surface area contributed by atoms with Gasteiger partial charge in [0.1, 0.15) is 0 Å². The first-order chi connectivity index (χ1) is 9.92. The number of likely N-dealkylation sites (tertiary alicyclic amines) is 1. The zero-order valence-corrected chi connectivity index (χ0v) is 12.6. The summed E-state index contributed by atoms with van der Waals surface area (Å²) in [6.07, 6.45) is 11.6. The van der Waals surface area contributed by atoms with Crippen molar-refractivity contribution in [2.75, 3.05) is 26.2 Å².